The minimum Gasteiger partial charge on any atom is -0.486 e. The van der Waals surface area contributed by atoms with Gasteiger partial charge in [-0.2, -0.15) is 10.4 Å². The van der Waals surface area contributed by atoms with Crippen molar-refractivity contribution in [1.29, 1.82) is 5.26 Å². The standard InChI is InChI=1S/C25H30N6O3/c1-16-14-31(20-12-24(32)28(4)21-15-29(8-7-26)27-25(20)21)17(2)13-30(16)18(3)19-5-6-22-23(11-19)34-10-9-33-22/h5-6,11-12,15-18H,8-10,13-14H2,1-4H3/t16-,17+,18+/m1/s1. The second-order valence-corrected chi connectivity index (χ2v) is 9.27. The van der Waals surface area contributed by atoms with E-state index in [1.807, 2.05) is 6.07 Å². The van der Waals surface area contributed by atoms with Gasteiger partial charge in [-0.3, -0.25) is 14.4 Å². The van der Waals surface area contributed by atoms with Crippen LogP contribution in [0.15, 0.2) is 35.3 Å². The average molecular weight is 463 g/mol. The lowest BCUT2D eigenvalue weighted by molar-refractivity contribution is 0.118. The van der Waals surface area contributed by atoms with Gasteiger partial charge < -0.3 is 18.9 Å². The number of rotatable bonds is 4. The highest BCUT2D eigenvalue weighted by Gasteiger charge is 2.34. The first-order valence-corrected chi connectivity index (χ1v) is 11.7. The lowest BCUT2D eigenvalue weighted by Crippen LogP contribution is -2.57. The van der Waals surface area contributed by atoms with Crippen molar-refractivity contribution in [2.45, 2.75) is 45.4 Å². The summed E-state index contributed by atoms with van der Waals surface area (Å²) in [6.07, 6.45) is 1.78. The maximum atomic E-state index is 12.7. The van der Waals surface area contributed by atoms with Gasteiger partial charge in [-0.25, -0.2) is 0 Å². The summed E-state index contributed by atoms with van der Waals surface area (Å²) in [7, 11) is 1.74. The van der Waals surface area contributed by atoms with Crippen LogP contribution >= 0.6 is 0 Å². The molecule has 2 aliphatic heterocycles. The van der Waals surface area contributed by atoms with Crippen molar-refractivity contribution >= 4 is 16.7 Å². The summed E-state index contributed by atoms with van der Waals surface area (Å²) in [4.78, 5) is 17.5. The van der Waals surface area contributed by atoms with Crippen LogP contribution in [0.1, 0.15) is 32.4 Å². The lowest BCUT2D eigenvalue weighted by Gasteiger charge is -2.47. The Labute approximate surface area is 198 Å². The summed E-state index contributed by atoms with van der Waals surface area (Å²) >= 11 is 0. The zero-order valence-corrected chi connectivity index (χ0v) is 20.1. The Morgan fingerprint density at radius 3 is 2.68 bits per heavy atom. The smallest absolute Gasteiger partial charge is 0.252 e. The molecule has 2 aliphatic rings. The number of hydrogen-bond donors (Lipinski definition) is 0. The molecule has 34 heavy (non-hydrogen) atoms. The van der Waals surface area contributed by atoms with Crippen LogP contribution in [0.3, 0.4) is 0 Å². The SMILES string of the molecule is C[C@@H]1CN(c2cc(=O)n(C)c3cn(CC#N)nc23)[C@@H](C)CN1[C@@H](C)c1ccc2c(c1)OCCO2. The highest BCUT2D eigenvalue weighted by molar-refractivity contribution is 5.88. The number of anilines is 1. The molecule has 3 aromatic rings. The summed E-state index contributed by atoms with van der Waals surface area (Å²) in [5.41, 5.74) is 3.45. The number of hydrogen-bond acceptors (Lipinski definition) is 7. The van der Waals surface area contributed by atoms with Crippen LogP contribution in [0.25, 0.3) is 11.0 Å². The van der Waals surface area contributed by atoms with E-state index in [4.69, 9.17) is 14.7 Å². The second kappa shape index (κ2) is 8.69. The largest absolute Gasteiger partial charge is 0.486 e. The summed E-state index contributed by atoms with van der Waals surface area (Å²) in [5, 5.41) is 13.7. The molecule has 0 spiro atoms. The van der Waals surface area contributed by atoms with Gasteiger partial charge in [0.2, 0.25) is 0 Å². The number of pyridine rings is 1. The molecule has 9 heteroatoms. The Morgan fingerprint density at radius 1 is 1.15 bits per heavy atom. The van der Waals surface area contributed by atoms with Gasteiger partial charge >= 0.3 is 0 Å². The van der Waals surface area contributed by atoms with Crippen LogP contribution in [-0.2, 0) is 13.6 Å². The van der Waals surface area contributed by atoms with Crippen LogP contribution in [0.2, 0.25) is 0 Å². The third kappa shape index (κ3) is 3.78. The molecule has 0 aliphatic carbocycles. The zero-order chi connectivity index (χ0) is 24.0. The highest BCUT2D eigenvalue weighted by atomic mass is 16.6. The number of piperazine rings is 1. The fourth-order valence-electron chi connectivity index (χ4n) is 5.15. The molecular weight excluding hydrogens is 432 g/mol. The summed E-state index contributed by atoms with van der Waals surface area (Å²) in [5.74, 6) is 1.62. The minimum atomic E-state index is -0.0778. The fourth-order valence-corrected chi connectivity index (χ4v) is 5.15. The number of aryl methyl sites for hydroxylation is 1. The quantitative estimate of drug-likeness (QED) is 0.589. The third-order valence-electron chi connectivity index (χ3n) is 7.06. The molecular formula is C25H30N6O3. The first-order valence-electron chi connectivity index (χ1n) is 11.7. The van der Waals surface area contributed by atoms with Gasteiger partial charge in [0.05, 0.1) is 23.5 Å². The molecule has 3 atom stereocenters. The van der Waals surface area contributed by atoms with E-state index in [9.17, 15) is 4.79 Å². The Kier molecular flexibility index (Phi) is 5.70. The van der Waals surface area contributed by atoms with E-state index in [0.717, 1.165) is 41.3 Å². The predicted octanol–water partition coefficient (Wildman–Crippen LogP) is 2.69. The number of nitrogens with zero attached hydrogens (tertiary/aromatic N) is 6. The van der Waals surface area contributed by atoms with Gasteiger partial charge in [-0.05, 0) is 38.5 Å². The van der Waals surface area contributed by atoms with Crippen molar-refractivity contribution in [3.63, 3.8) is 0 Å². The lowest BCUT2D eigenvalue weighted by atomic mass is 9.99. The average Bonchev–Trinajstić information content (AvgIpc) is 3.26. The zero-order valence-electron chi connectivity index (χ0n) is 20.1. The number of nitriles is 1. The maximum absolute atomic E-state index is 12.7. The van der Waals surface area contributed by atoms with Crippen molar-refractivity contribution in [2.75, 3.05) is 31.2 Å². The minimum absolute atomic E-state index is 0.0778. The van der Waals surface area contributed by atoms with Gasteiger partial charge in [0, 0.05) is 44.3 Å². The van der Waals surface area contributed by atoms with Crippen molar-refractivity contribution in [2.24, 2.45) is 7.05 Å². The Morgan fingerprint density at radius 2 is 1.91 bits per heavy atom. The van der Waals surface area contributed by atoms with Crippen molar-refractivity contribution < 1.29 is 9.47 Å². The van der Waals surface area contributed by atoms with E-state index < -0.39 is 0 Å². The summed E-state index contributed by atoms with van der Waals surface area (Å²) < 4.78 is 14.7. The molecule has 1 aromatic carbocycles. The van der Waals surface area contributed by atoms with Gasteiger partial charge in [0.15, 0.2) is 11.5 Å². The number of ether oxygens (including phenoxy) is 2. The van der Waals surface area contributed by atoms with Gasteiger partial charge in [0.1, 0.15) is 25.3 Å². The van der Waals surface area contributed by atoms with E-state index in [2.05, 4.69) is 53.9 Å². The van der Waals surface area contributed by atoms with Crippen molar-refractivity contribution in [3.05, 3.63) is 46.4 Å². The Balaban J connectivity index is 1.43. The van der Waals surface area contributed by atoms with Crippen molar-refractivity contribution in [1.82, 2.24) is 19.2 Å². The third-order valence-corrected chi connectivity index (χ3v) is 7.06. The second-order valence-electron chi connectivity index (χ2n) is 9.27. The van der Waals surface area contributed by atoms with E-state index in [1.54, 1.807) is 28.6 Å². The van der Waals surface area contributed by atoms with Crippen LogP contribution in [0.5, 0.6) is 11.5 Å². The molecule has 0 radical (unpaired) electrons. The van der Waals surface area contributed by atoms with E-state index in [1.165, 1.54) is 5.56 Å². The molecule has 2 aromatic heterocycles. The highest BCUT2D eigenvalue weighted by Crippen LogP contribution is 2.36. The van der Waals surface area contributed by atoms with Crippen LogP contribution < -0.4 is 19.9 Å². The fraction of sp³-hybridized carbons (Fsp3) is 0.480. The molecule has 178 valence electrons. The topological polar surface area (TPSA) is 88.5 Å². The van der Waals surface area contributed by atoms with Crippen LogP contribution in [-0.4, -0.2) is 57.6 Å². The van der Waals surface area contributed by atoms with Gasteiger partial charge in [0.25, 0.3) is 5.56 Å². The predicted molar refractivity (Wildman–Crippen MR) is 129 cm³/mol. The number of aromatic nitrogens is 3. The maximum Gasteiger partial charge on any atom is 0.252 e. The molecule has 0 N–H and O–H groups in total. The molecule has 0 saturated carbocycles. The summed E-state index contributed by atoms with van der Waals surface area (Å²) in [6.45, 7) is 9.55. The summed E-state index contributed by atoms with van der Waals surface area (Å²) in [6, 6.07) is 10.6. The molecule has 5 rings (SSSR count). The van der Waals surface area contributed by atoms with E-state index in [0.29, 0.717) is 13.2 Å². The normalized spacial score (nSPS) is 21.4. The molecule has 0 unspecified atom stereocenters. The van der Waals surface area contributed by atoms with Gasteiger partial charge in [-0.15, -0.1) is 0 Å². The molecule has 9 nitrogen and oxygen atoms in total. The van der Waals surface area contributed by atoms with Crippen LogP contribution in [0.4, 0.5) is 5.69 Å². The van der Waals surface area contributed by atoms with E-state index in [-0.39, 0.29) is 30.2 Å². The Hall–Kier alpha value is -3.51. The number of fused-ring (bicyclic) bond motifs is 2. The molecule has 0 bridgehead atoms. The Bertz CT molecular complexity index is 1320. The van der Waals surface area contributed by atoms with E-state index >= 15 is 0 Å². The first kappa shape index (κ1) is 22.3. The van der Waals surface area contributed by atoms with Gasteiger partial charge in [-0.1, -0.05) is 6.07 Å². The molecule has 1 fully saturated rings. The van der Waals surface area contributed by atoms with Crippen LogP contribution in [0, 0.1) is 11.3 Å². The first-order chi connectivity index (χ1) is 16.4. The number of benzene rings is 1. The molecule has 1 saturated heterocycles. The van der Waals surface area contributed by atoms with Crippen molar-refractivity contribution in [3.8, 4) is 17.6 Å². The molecule has 0 amide bonds. The monoisotopic (exact) mass is 462 g/mol. The molecule has 4 heterocycles.